The molecule has 4 heteroatoms. The van der Waals surface area contributed by atoms with Crippen molar-refractivity contribution in [1.29, 1.82) is 0 Å². The summed E-state index contributed by atoms with van der Waals surface area (Å²) in [6.07, 6.45) is 3.94. The van der Waals surface area contributed by atoms with Gasteiger partial charge in [0.05, 0.1) is 12.5 Å². The summed E-state index contributed by atoms with van der Waals surface area (Å²) in [4.78, 5) is 11.7. The number of halogens is 1. The molecule has 2 rings (SSSR count). The summed E-state index contributed by atoms with van der Waals surface area (Å²) in [5.41, 5.74) is 1.28. The van der Waals surface area contributed by atoms with Gasteiger partial charge in [0, 0.05) is 16.6 Å². The van der Waals surface area contributed by atoms with E-state index in [1.807, 2.05) is 13.0 Å². The molecule has 1 aliphatic rings. The lowest BCUT2D eigenvalue weighted by molar-refractivity contribution is -0.149. The molecule has 1 aromatic rings. The molecule has 0 bridgehead atoms. The van der Waals surface area contributed by atoms with Crippen molar-refractivity contribution in [3.05, 3.63) is 34.3 Å². The third-order valence-electron chi connectivity index (χ3n) is 4.20. The Morgan fingerprint density at radius 1 is 1.33 bits per heavy atom. The average molecular weight is 354 g/mol. The zero-order valence-electron chi connectivity index (χ0n) is 12.8. The Hall–Kier alpha value is -0.870. The Labute approximate surface area is 135 Å². The van der Waals surface area contributed by atoms with Gasteiger partial charge in [-0.15, -0.1) is 0 Å². The standard InChI is InChI=1S/C17H24BrNO2/c1-3-21-17(20)13-8-10-14(11-9-13)19-12(2)15-6-4-5-7-16(15)18/h4-7,12-14,19H,3,8-11H2,1-2H3. The number of carbonyl (C=O) groups excluding carboxylic acids is 1. The van der Waals surface area contributed by atoms with Gasteiger partial charge >= 0.3 is 5.97 Å². The number of rotatable bonds is 5. The molecular formula is C17H24BrNO2. The summed E-state index contributed by atoms with van der Waals surface area (Å²) >= 11 is 3.61. The van der Waals surface area contributed by atoms with Gasteiger partial charge < -0.3 is 10.1 Å². The van der Waals surface area contributed by atoms with Crippen molar-refractivity contribution >= 4 is 21.9 Å². The maximum absolute atomic E-state index is 11.7. The van der Waals surface area contributed by atoms with Crippen LogP contribution >= 0.6 is 15.9 Å². The van der Waals surface area contributed by atoms with Crippen LogP contribution < -0.4 is 5.32 Å². The van der Waals surface area contributed by atoms with Gasteiger partial charge in [-0.3, -0.25) is 4.79 Å². The second-order valence-corrected chi connectivity index (χ2v) is 6.56. The monoisotopic (exact) mass is 353 g/mol. The molecule has 1 aliphatic carbocycles. The van der Waals surface area contributed by atoms with Crippen LogP contribution in [0, 0.1) is 5.92 Å². The fourth-order valence-corrected chi connectivity index (χ4v) is 3.65. The molecule has 1 aromatic carbocycles. The normalized spacial score (nSPS) is 23.6. The van der Waals surface area contributed by atoms with Crippen LogP contribution in [0.4, 0.5) is 0 Å². The summed E-state index contributed by atoms with van der Waals surface area (Å²) in [6.45, 7) is 4.54. The number of nitrogens with one attached hydrogen (secondary N) is 1. The van der Waals surface area contributed by atoms with E-state index >= 15 is 0 Å². The molecule has 21 heavy (non-hydrogen) atoms. The lowest BCUT2D eigenvalue weighted by Gasteiger charge is -2.30. The smallest absolute Gasteiger partial charge is 0.308 e. The number of hydrogen-bond acceptors (Lipinski definition) is 3. The van der Waals surface area contributed by atoms with Crippen LogP contribution in [-0.4, -0.2) is 18.6 Å². The van der Waals surface area contributed by atoms with Gasteiger partial charge in [0.25, 0.3) is 0 Å². The second-order valence-electron chi connectivity index (χ2n) is 5.71. The van der Waals surface area contributed by atoms with Crippen molar-refractivity contribution in [3.63, 3.8) is 0 Å². The predicted octanol–water partition coefficient (Wildman–Crippen LogP) is 4.22. The van der Waals surface area contributed by atoms with E-state index in [1.165, 1.54) is 5.56 Å². The van der Waals surface area contributed by atoms with Crippen molar-refractivity contribution in [2.24, 2.45) is 5.92 Å². The van der Waals surface area contributed by atoms with Crippen molar-refractivity contribution in [1.82, 2.24) is 5.32 Å². The molecule has 1 atom stereocenters. The van der Waals surface area contributed by atoms with E-state index in [0.717, 1.165) is 30.2 Å². The summed E-state index contributed by atoms with van der Waals surface area (Å²) < 4.78 is 6.26. The van der Waals surface area contributed by atoms with Gasteiger partial charge in [-0.25, -0.2) is 0 Å². The number of carbonyl (C=O) groups is 1. The second kappa shape index (κ2) is 7.95. The van der Waals surface area contributed by atoms with E-state index in [0.29, 0.717) is 18.7 Å². The highest BCUT2D eigenvalue weighted by atomic mass is 79.9. The van der Waals surface area contributed by atoms with E-state index in [1.54, 1.807) is 0 Å². The summed E-state index contributed by atoms with van der Waals surface area (Å²) in [6, 6.07) is 9.11. The highest BCUT2D eigenvalue weighted by Crippen LogP contribution is 2.29. The minimum atomic E-state index is -0.0187. The molecule has 116 valence electrons. The number of esters is 1. The number of benzene rings is 1. The van der Waals surface area contributed by atoms with Crippen LogP contribution in [-0.2, 0) is 9.53 Å². The Morgan fingerprint density at radius 2 is 2.00 bits per heavy atom. The van der Waals surface area contributed by atoms with E-state index < -0.39 is 0 Å². The van der Waals surface area contributed by atoms with E-state index in [-0.39, 0.29) is 11.9 Å². The first kappa shape index (κ1) is 16.5. The lowest BCUT2D eigenvalue weighted by atomic mass is 9.85. The molecule has 0 radical (unpaired) electrons. The molecule has 0 saturated heterocycles. The molecule has 0 spiro atoms. The van der Waals surface area contributed by atoms with Gasteiger partial charge in [-0.1, -0.05) is 34.1 Å². The van der Waals surface area contributed by atoms with Gasteiger partial charge in [-0.05, 0) is 51.2 Å². The minimum absolute atomic E-state index is 0.0187. The van der Waals surface area contributed by atoms with Gasteiger partial charge in [-0.2, -0.15) is 0 Å². The maximum Gasteiger partial charge on any atom is 0.308 e. The third kappa shape index (κ3) is 4.55. The first-order valence-electron chi connectivity index (χ1n) is 7.79. The Bertz CT molecular complexity index is 470. The topological polar surface area (TPSA) is 38.3 Å². The lowest BCUT2D eigenvalue weighted by Crippen LogP contribution is -2.36. The van der Waals surface area contributed by atoms with Crippen LogP contribution in [0.3, 0.4) is 0 Å². The molecule has 1 N–H and O–H groups in total. The number of hydrogen-bond donors (Lipinski definition) is 1. The highest BCUT2D eigenvalue weighted by molar-refractivity contribution is 9.10. The van der Waals surface area contributed by atoms with Crippen LogP contribution in [0.2, 0.25) is 0 Å². The van der Waals surface area contributed by atoms with E-state index in [4.69, 9.17) is 4.74 Å². The van der Waals surface area contributed by atoms with Gasteiger partial charge in [0.15, 0.2) is 0 Å². The summed E-state index contributed by atoms with van der Waals surface area (Å²) in [7, 11) is 0. The molecule has 0 aliphatic heterocycles. The third-order valence-corrected chi connectivity index (χ3v) is 4.93. The van der Waals surface area contributed by atoms with Crippen molar-refractivity contribution in [3.8, 4) is 0 Å². The van der Waals surface area contributed by atoms with Crippen LogP contribution in [0.5, 0.6) is 0 Å². The van der Waals surface area contributed by atoms with Crippen molar-refractivity contribution in [2.45, 2.75) is 51.6 Å². The Kier molecular flexibility index (Phi) is 6.24. The van der Waals surface area contributed by atoms with Crippen LogP contribution in [0.1, 0.15) is 51.1 Å². The molecule has 1 saturated carbocycles. The summed E-state index contributed by atoms with van der Waals surface area (Å²) in [5, 5.41) is 3.69. The molecule has 0 heterocycles. The quantitative estimate of drug-likeness (QED) is 0.805. The SMILES string of the molecule is CCOC(=O)C1CCC(NC(C)c2ccccc2Br)CC1. The van der Waals surface area contributed by atoms with Crippen molar-refractivity contribution in [2.75, 3.05) is 6.61 Å². The van der Waals surface area contributed by atoms with Gasteiger partial charge in [0.2, 0.25) is 0 Å². The Morgan fingerprint density at radius 3 is 2.62 bits per heavy atom. The van der Waals surface area contributed by atoms with E-state index in [9.17, 15) is 4.79 Å². The largest absolute Gasteiger partial charge is 0.466 e. The zero-order chi connectivity index (χ0) is 15.2. The van der Waals surface area contributed by atoms with Crippen LogP contribution in [0.25, 0.3) is 0 Å². The van der Waals surface area contributed by atoms with E-state index in [2.05, 4.69) is 46.4 Å². The maximum atomic E-state index is 11.7. The predicted molar refractivity (Wildman–Crippen MR) is 88.1 cm³/mol. The first-order valence-corrected chi connectivity index (χ1v) is 8.58. The van der Waals surface area contributed by atoms with Crippen molar-refractivity contribution < 1.29 is 9.53 Å². The molecule has 0 amide bonds. The minimum Gasteiger partial charge on any atom is -0.466 e. The fourth-order valence-electron chi connectivity index (χ4n) is 3.03. The molecular weight excluding hydrogens is 330 g/mol. The van der Waals surface area contributed by atoms with Crippen LogP contribution in [0.15, 0.2) is 28.7 Å². The molecule has 1 fully saturated rings. The molecule has 3 nitrogen and oxygen atoms in total. The summed E-state index contributed by atoms with van der Waals surface area (Å²) in [5.74, 6) is 0.0802. The number of ether oxygens (including phenoxy) is 1. The molecule has 1 unspecified atom stereocenters. The van der Waals surface area contributed by atoms with Gasteiger partial charge in [0.1, 0.15) is 0 Å². The fraction of sp³-hybridized carbons (Fsp3) is 0.588. The Balaban J connectivity index is 1.83. The first-order chi connectivity index (χ1) is 10.1. The zero-order valence-corrected chi connectivity index (χ0v) is 14.4. The highest BCUT2D eigenvalue weighted by Gasteiger charge is 2.28. The average Bonchev–Trinajstić information content (AvgIpc) is 2.48. The molecule has 0 aromatic heterocycles.